The van der Waals surface area contributed by atoms with Gasteiger partial charge in [0.2, 0.25) is 15.9 Å². The quantitative estimate of drug-likeness (QED) is 0.603. The van der Waals surface area contributed by atoms with Crippen LogP contribution in [-0.2, 0) is 21.9 Å². The van der Waals surface area contributed by atoms with Crippen LogP contribution in [0.5, 0.6) is 0 Å². The van der Waals surface area contributed by atoms with E-state index in [9.17, 15) is 13.2 Å². The molecule has 1 rings (SSSR count). The Balaban J connectivity index is 2.66. The number of aryl methyl sites for hydroxylation is 1. The number of nitrogens with one attached hydrogen (secondary N) is 2. The number of carbonyl (C=O) groups is 1. The van der Waals surface area contributed by atoms with E-state index in [1.54, 1.807) is 7.05 Å². The Bertz CT molecular complexity index is 522. The van der Waals surface area contributed by atoms with Crippen LogP contribution in [0.4, 0.5) is 5.82 Å². The van der Waals surface area contributed by atoms with E-state index in [0.29, 0.717) is 6.54 Å². The molecule has 0 unspecified atom stereocenters. The van der Waals surface area contributed by atoms with Crippen molar-refractivity contribution in [3.8, 4) is 0 Å². The van der Waals surface area contributed by atoms with Crippen LogP contribution in [0.25, 0.3) is 0 Å². The van der Waals surface area contributed by atoms with Crippen molar-refractivity contribution in [1.29, 1.82) is 0 Å². The lowest BCUT2D eigenvalue weighted by Crippen LogP contribution is -2.37. The van der Waals surface area contributed by atoms with Crippen molar-refractivity contribution >= 4 is 21.7 Å². The Morgan fingerprint density at radius 2 is 2.22 bits per heavy atom. The van der Waals surface area contributed by atoms with E-state index in [-0.39, 0.29) is 23.2 Å². The Kier molecular flexibility index (Phi) is 4.68. The predicted molar refractivity (Wildman–Crippen MR) is 66.1 cm³/mol. The number of anilines is 1. The van der Waals surface area contributed by atoms with E-state index in [0.717, 1.165) is 6.42 Å². The maximum Gasteiger partial charge on any atom is 0.246 e. The second kappa shape index (κ2) is 5.83. The van der Waals surface area contributed by atoms with Crippen molar-refractivity contribution in [2.45, 2.75) is 18.2 Å². The number of sulfonamides is 1. The number of rotatable bonds is 6. The first-order valence-corrected chi connectivity index (χ1v) is 6.90. The third-order valence-corrected chi connectivity index (χ3v) is 3.52. The third kappa shape index (κ3) is 3.70. The van der Waals surface area contributed by atoms with Crippen molar-refractivity contribution < 1.29 is 13.2 Å². The summed E-state index contributed by atoms with van der Waals surface area (Å²) in [6.45, 7) is 2.09. The van der Waals surface area contributed by atoms with Gasteiger partial charge < -0.3 is 11.1 Å². The van der Waals surface area contributed by atoms with Gasteiger partial charge in [-0.15, -0.1) is 0 Å². The molecule has 0 aliphatic carbocycles. The molecular weight excluding hydrogens is 258 g/mol. The standard InChI is InChI=1S/C9H17N5O3S/c1-3-4-11-8(15)5-12-18(16,17)7-6-14(2)13-9(7)10/h6,12H,3-5H2,1-2H3,(H2,10,13)(H,11,15). The zero-order valence-corrected chi connectivity index (χ0v) is 11.1. The van der Waals surface area contributed by atoms with Crippen molar-refractivity contribution in [2.24, 2.45) is 7.05 Å². The van der Waals surface area contributed by atoms with E-state index < -0.39 is 10.0 Å². The summed E-state index contributed by atoms with van der Waals surface area (Å²) in [7, 11) is -2.25. The molecule has 9 heteroatoms. The highest BCUT2D eigenvalue weighted by Gasteiger charge is 2.21. The minimum absolute atomic E-state index is 0.0982. The number of carbonyl (C=O) groups excluding carboxylic acids is 1. The van der Waals surface area contributed by atoms with Crippen LogP contribution >= 0.6 is 0 Å². The molecule has 0 radical (unpaired) electrons. The highest BCUT2D eigenvalue weighted by molar-refractivity contribution is 7.89. The predicted octanol–water partition coefficient (Wildman–Crippen LogP) is -1.19. The zero-order valence-electron chi connectivity index (χ0n) is 10.3. The Morgan fingerprint density at radius 1 is 1.56 bits per heavy atom. The van der Waals surface area contributed by atoms with Crippen LogP contribution in [0.3, 0.4) is 0 Å². The molecule has 0 aromatic carbocycles. The topological polar surface area (TPSA) is 119 Å². The van der Waals surface area contributed by atoms with Crippen LogP contribution in [-0.4, -0.2) is 37.2 Å². The highest BCUT2D eigenvalue weighted by Crippen LogP contribution is 2.14. The summed E-state index contributed by atoms with van der Waals surface area (Å²) in [5, 5.41) is 6.29. The molecule has 18 heavy (non-hydrogen) atoms. The molecule has 0 aliphatic rings. The molecule has 8 nitrogen and oxygen atoms in total. The second-order valence-electron chi connectivity index (χ2n) is 3.73. The summed E-state index contributed by atoms with van der Waals surface area (Å²) in [5.41, 5.74) is 5.46. The summed E-state index contributed by atoms with van der Waals surface area (Å²) < 4.78 is 27.1. The van der Waals surface area contributed by atoms with E-state index >= 15 is 0 Å². The van der Waals surface area contributed by atoms with Crippen molar-refractivity contribution in [3.05, 3.63) is 6.20 Å². The molecule has 0 atom stereocenters. The molecule has 0 aliphatic heterocycles. The molecule has 1 amide bonds. The van der Waals surface area contributed by atoms with Gasteiger partial charge >= 0.3 is 0 Å². The highest BCUT2D eigenvalue weighted by atomic mass is 32.2. The van der Waals surface area contributed by atoms with Gasteiger partial charge in [-0.05, 0) is 6.42 Å². The largest absolute Gasteiger partial charge is 0.381 e. The fraction of sp³-hybridized carbons (Fsp3) is 0.556. The number of hydrogen-bond acceptors (Lipinski definition) is 5. The van der Waals surface area contributed by atoms with Crippen LogP contribution in [0.2, 0.25) is 0 Å². The fourth-order valence-corrected chi connectivity index (χ4v) is 2.34. The van der Waals surface area contributed by atoms with Crippen LogP contribution in [0.15, 0.2) is 11.1 Å². The van der Waals surface area contributed by atoms with Crippen molar-refractivity contribution in [3.63, 3.8) is 0 Å². The molecule has 1 aromatic heterocycles. The van der Waals surface area contributed by atoms with E-state index in [4.69, 9.17) is 5.73 Å². The molecule has 0 spiro atoms. The average molecular weight is 275 g/mol. The van der Waals surface area contributed by atoms with Crippen molar-refractivity contribution in [1.82, 2.24) is 19.8 Å². The Labute approximate surface area is 106 Å². The van der Waals surface area contributed by atoms with E-state index in [1.165, 1.54) is 10.9 Å². The molecule has 1 heterocycles. The normalized spacial score (nSPS) is 11.4. The Morgan fingerprint density at radius 3 is 2.72 bits per heavy atom. The lowest BCUT2D eigenvalue weighted by molar-refractivity contribution is -0.119. The zero-order chi connectivity index (χ0) is 13.8. The van der Waals surface area contributed by atoms with Gasteiger partial charge in [0, 0.05) is 19.8 Å². The lowest BCUT2D eigenvalue weighted by Gasteiger charge is -2.05. The number of aromatic nitrogens is 2. The summed E-state index contributed by atoms with van der Waals surface area (Å²) in [6, 6.07) is 0. The minimum atomic E-state index is -3.81. The second-order valence-corrected chi connectivity index (χ2v) is 5.46. The SMILES string of the molecule is CCCNC(=O)CNS(=O)(=O)c1cn(C)nc1N. The molecule has 4 N–H and O–H groups in total. The maximum atomic E-state index is 11.8. The number of nitrogens with two attached hydrogens (primary N) is 1. The average Bonchev–Trinajstić information content (AvgIpc) is 2.64. The van der Waals surface area contributed by atoms with Crippen molar-refractivity contribution in [2.75, 3.05) is 18.8 Å². The van der Waals surface area contributed by atoms with Crippen LogP contribution in [0, 0.1) is 0 Å². The first-order valence-electron chi connectivity index (χ1n) is 5.42. The fourth-order valence-electron chi connectivity index (χ4n) is 1.26. The van der Waals surface area contributed by atoms with Gasteiger partial charge in [0.15, 0.2) is 5.82 Å². The third-order valence-electron chi connectivity index (χ3n) is 2.11. The molecule has 0 bridgehead atoms. The van der Waals surface area contributed by atoms with Gasteiger partial charge in [0.25, 0.3) is 0 Å². The minimum Gasteiger partial charge on any atom is -0.381 e. The van der Waals surface area contributed by atoms with Gasteiger partial charge in [-0.25, -0.2) is 13.1 Å². The lowest BCUT2D eigenvalue weighted by atomic mass is 10.5. The first-order chi connectivity index (χ1) is 8.36. The number of nitrogens with zero attached hydrogens (tertiary/aromatic N) is 2. The molecule has 102 valence electrons. The molecule has 0 fully saturated rings. The molecule has 0 saturated carbocycles. The van der Waals surface area contributed by atoms with Gasteiger partial charge in [0.05, 0.1) is 6.54 Å². The van der Waals surface area contributed by atoms with Gasteiger partial charge in [-0.3, -0.25) is 9.48 Å². The van der Waals surface area contributed by atoms with Crippen LogP contribution < -0.4 is 15.8 Å². The summed E-state index contributed by atoms with van der Waals surface area (Å²) in [6.07, 6.45) is 2.07. The summed E-state index contributed by atoms with van der Waals surface area (Å²) in [5.74, 6) is -0.484. The first kappa shape index (κ1) is 14.5. The summed E-state index contributed by atoms with van der Waals surface area (Å²) in [4.78, 5) is 11.1. The molecule has 0 saturated heterocycles. The van der Waals surface area contributed by atoms with Gasteiger partial charge in [0.1, 0.15) is 4.90 Å². The van der Waals surface area contributed by atoms with Gasteiger partial charge in [-0.1, -0.05) is 6.92 Å². The maximum absolute atomic E-state index is 11.8. The number of hydrogen-bond donors (Lipinski definition) is 3. The summed E-state index contributed by atoms with van der Waals surface area (Å²) >= 11 is 0. The van der Waals surface area contributed by atoms with Gasteiger partial charge in [-0.2, -0.15) is 5.10 Å². The van der Waals surface area contributed by atoms with E-state index in [1.807, 2.05) is 6.92 Å². The monoisotopic (exact) mass is 275 g/mol. The molecule has 1 aromatic rings. The number of amides is 1. The Hall–Kier alpha value is -1.61. The molecular formula is C9H17N5O3S. The van der Waals surface area contributed by atoms with E-state index in [2.05, 4.69) is 15.1 Å². The number of nitrogen functional groups attached to an aromatic ring is 1. The van der Waals surface area contributed by atoms with Crippen LogP contribution in [0.1, 0.15) is 13.3 Å². The smallest absolute Gasteiger partial charge is 0.246 e.